The number of hydrogen-bond donors (Lipinski definition) is 1. The van der Waals surface area contributed by atoms with E-state index in [4.69, 9.17) is 4.74 Å². The molecular formula is C12H23NO. The molecule has 2 aliphatic rings. The van der Waals surface area contributed by atoms with Gasteiger partial charge in [0.05, 0.1) is 6.61 Å². The van der Waals surface area contributed by atoms with Gasteiger partial charge in [0.15, 0.2) is 0 Å². The molecule has 1 N–H and O–H groups in total. The van der Waals surface area contributed by atoms with Gasteiger partial charge in [-0.1, -0.05) is 6.92 Å². The Labute approximate surface area is 87.4 Å². The van der Waals surface area contributed by atoms with E-state index in [0.29, 0.717) is 11.6 Å². The molecule has 14 heavy (non-hydrogen) atoms. The summed E-state index contributed by atoms with van der Waals surface area (Å²) in [5.74, 6) is 0.935. The molecule has 1 aliphatic heterocycles. The Balaban J connectivity index is 1.82. The lowest BCUT2D eigenvalue weighted by Gasteiger charge is -2.39. The molecule has 82 valence electrons. The molecule has 0 spiro atoms. The van der Waals surface area contributed by atoms with Gasteiger partial charge < -0.3 is 10.1 Å². The van der Waals surface area contributed by atoms with Crippen molar-refractivity contribution in [2.24, 2.45) is 5.92 Å². The van der Waals surface area contributed by atoms with Gasteiger partial charge >= 0.3 is 0 Å². The van der Waals surface area contributed by atoms with Crippen LogP contribution in [0.4, 0.5) is 0 Å². The Hall–Kier alpha value is -0.0800. The number of rotatable bonds is 2. The molecule has 1 atom stereocenters. The predicted octanol–water partition coefficient (Wildman–Crippen LogP) is 2.33. The first kappa shape index (κ1) is 10.4. The third-order valence-electron chi connectivity index (χ3n) is 3.86. The maximum Gasteiger partial charge on any atom is 0.0620 e. The Morgan fingerprint density at radius 1 is 1.21 bits per heavy atom. The van der Waals surface area contributed by atoms with E-state index >= 15 is 0 Å². The lowest BCUT2D eigenvalue weighted by Crippen LogP contribution is -2.50. The van der Waals surface area contributed by atoms with Crippen LogP contribution < -0.4 is 5.32 Å². The SMILES string of the molecule is CC1CCC(C)(NC2CCOC2)CC1. The average Bonchev–Trinajstić information content (AvgIpc) is 2.63. The fraction of sp³-hybridized carbons (Fsp3) is 1.00. The van der Waals surface area contributed by atoms with Crippen LogP contribution in [0.25, 0.3) is 0 Å². The summed E-state index contributed by atoms with van der Waals surface area (Å²) >= 11 is 0. The fourth-order valence-electron chi connectivity index (χ4n) is 2.68. The van der Waals surface area contributed by atoms with Gasteiger partial charge in [0.1, 0.15) is 0 Å². The van der Waals surface area contributed by atoms with Crippen LogP contribution in [-0.4, -0.2) is 24.8 Å². The zero-order chi connectivity index (χ0) is 10.0. The maximum absolute atomic E-state index is 5.40. The van der Waals surface area contributed by atoms with E-state index in [0.717, 1.165) is 19.1 Å². The summed E-state index contributed by atoms with van der Waals surface area (Å²) < 4.78 is 5.40. The van der Waals surface area contributed by atoms with E-state index in [-0.39, 0.29) is 0 Å². The summed E-state index contributed by atoms with van der Waals surface area (Å²) in [7, 11) is 0. The minimum atomic E-state index is 0.394. The van der Waals surface area contributed by atoms with Crippen LogP contribution in [0, 0.1) is 5.92 Å². The molecule has 1 aliphatic carbocycles. The van der Waals surface area contributed by atoms with Crippen LogP contribution in [0.2, 0.25) is 0 Å². The summed E-state index contributed by atoms with van der Waals surface area (Å²) in [6.07, 6.45) is 6.65. The van der Waals surface area contributed by atoms with E-state index in [2.05, 4.69) is 19.2 Å². The summed E-state index contributed by atoms with van der Waals surface area (Å²) in [6, 6.07) is 0.619. The van der Waals surface area contributed by atoms with Gasteiger partial charge in [-0.25, -0.2) is 0 Å². The first-order valence-electron chi connectivity index (χ1n) is 6.03. The van der Waals surface area contributed by atoms with Crippen LogP contribution in [0.1, 0.15) is 46.0 Å². The van der Waals surface area contributed by atoms with Crippen molar-refractivity contribution in [2.45, 2.75) is 57.5 Å². The minimum Gasteiger partial charge on any atom is -0.380 e. The number of hydrogen-bond acceptors (Lipinski definition) is 2. The summed E-state index contributed by atoms with van der Waals surface area (Å²) in [5.41, 5.74) is 0.394. The molecular weight excluding hydrogens is 174 g/mol. The van der Waals surface area contributed by atoms with Crippen LogP contribution >= 0.6 is 0 Å². The van der Waals surface area contributed by atoms with Crippen LogP contribution in [0.15, 0.2) is 0 Å². The first-order chi connectivity index (χ1) is 6.68. The third kappa shape index (κ3) is 2.48. The molecule has 0 amide bonds. The minimum absolute atomic E-state index is 0.394. The molecule has 0 aromatic heterocycles. The molecule has 2 rings (SSSR count). The predicted molar refractivity (Wildman–Crippen MR) is 58.4 cm³/mol. The molecule has 2 nitrogen and oxygen atoms in total. The van der Waals surface area contributed by atoms with Crippen molar-refractivity contribution in [3.8, 4) is 0 Å². The van der Waals surface area contributed by atoms with E-state index in [9.17, 15) is 0 Å². The van der Waals surface area contributed by atoms with Crippen molar-refractivity contribution in [3.05, 3.63) is 0 Å². The molecule has 1 unspecified atom stereocenters. The Morgan fingerprint density at radius 2 is 1.93 bits per heavy atom. The van der Waals surface area contributed by atoms with Gasteiger partial charge in [-0.2, -0.15) is 0 Å². The zero-order valence-corrected chi connectivity index (χ0v) is 9.51. The Kier molecular flexibility index (Phi) is 3.13. The van der Waals surface area contributed by atoms with Crippen molar-refractivity contribution in [2.75, 3.05) is 13.2 Å². The highest BCUT2D eigenvalue weighted by Gasteiger charge is 2.32. The van der Waals surface area contributed by atoms with Crippen LogP contribution in [0.3, 0.4) is 0 Å². The van der Waals surface area contributed by atoms with Crippen LogP contribution in [-0.2, 0) is 4.74 Å². The molecule has 2 fully saturated rings. The van der Waals surface area contributed by atoms with Gasteiger partial charge in [-0.05, 0) is 44.9 Å². The molecule has 0 aromatic rings. The molecule has 1 saturated carbocycles. The molecule has 2 heteroatoms. The van der Waals surface area contributed by atoms with Crippen LogP contribution in [0.5, 0.6) is 0 Å². The van der Waals surface area contributed by atoms with Crippen molar-refractivity contribution >= 4 is 0 Å². The quantitative estimate of drug-likeness (QED) is 0.733. The highest BCUT2D eigenvalue weighted by atomic mass is 16.5. The second-order valence-electron chi connectivity index (χ2n) is 5.45. The molecule has 0 bridgehead atoms. The summed E-state index contributed by atoms with van der Waals surface area (Å²) in [4.78, 5) is 0. The molecule has 0 radical (unpaired) electrons. The van der Waals surface area contributed by atoms with Crippen molar-refractivity contribution in [3.63, 3.8) is 0 Å². The second kappa shape index (κ2) is 4.19. The van der Waals surface area contributed by atoms with E-state index in [1.807, 2.05) is 0 Å². The second-order valence-corrected chi connectivity index (χ2v) is 5.45. The van der Waals surface area contributed by atoms with Crippen molar-refractivity contribution in [1.29, 1.82) is 0 Å². The molecule has 1 heterocycles. The first-order valence-corrected chi connectivity index (χ1v) is 6.03. The zero-order valence-electron chi connectivity index (χ0n) is 9.51. The van der Waals surface area contributed by atoms with Gasteiger partial charge in [0.25, 0.3) is 0 Å². The van der Waals surface area contributed by atoms with E-state index in [1.165, 1.54) is 32.1 Å². The topological polar surface area (TPSA) is 21.3 Å². The maximum atomic E-state index is 5.40. The standard InChI is InChI=1S/C12H23NO/c1-10-3-6-12(2,7-4-10)13-11-5-8-14-9-11/h10-11,13H,3-9H2,1-2H3. The molecule has 0 aromatic carbocycles. The van der Waals surface area contributed by atoms with Gasteiger partial charge in [-0.3, -0.25) is 0 Å². The van der Waals surface area contributed by atoms with E-state index in [1.54, 1.807) is 0 Å². The monoisotopic (exact) mass is 197 g/mol. The highest BCUT2D eigenvalue weighted by Crippen LogP contribution is 2.32. The normalized spacial score (nSPS) is 44.1. The average molecular weight is 197 g/mol. The fourth-order valence-corrected chi connectivity index (χ4v) is 2.68. The van der Waals surface area contributed by atoms with Crippen molar-refractivity contribution < 1.29 is 4.74 Å². The lowest BCUT2D eigenvalue weighted by atomic mass is 9.78. The smallest absolute Gasteiger partial charge is 0.0620 e. The number of nitrogens with one attached hydrogen (secondary N) is 1. The number of ether oxygens (including phenoxy) is 1. The Bertz CT molecular complexity index is 179. The van der Waals surface area contributed by atoms with Gasteiger partial charge in [0.2, 0.25) is 0 Å². The summed E-state index contributed by atoms with van der Waals surface area (Å²) in [6.45, 7) is 6.63. The highest BCUT2D eigenvalue weighted by molar-refractivity contribution is 4.91. The largest absolute Gasteiger partial charge is 0.380 e. The third-order valence-corrected chi connectivity index (χ3v) is 3.86. The summed E-state index contributed by atoms with van der Waals surface area (Å²) in [5, 5.41) is 3.79. The van der Waals surface area contributed by atoms with E-state index < -0.39 is 0 Å². The Morgan fingerprint density at radius 3 is 2.50 bits per heavy atom. The van der Waals surface area contributed by atoms with Crippen molar-refractivity contribution in [1.82, 2.24) is 5.32 Å². The lowest BCUT2D eigenvalue weighted by molar-refractivity contribution is 0.162. The van der Waals surface area contributed by atoms with Gasteiger partial charge in [-0.15, -0.1) is 0 Å². The molecule has 1 saturated heterocycles. The van der Waals surface area contributed by atoms with Gasteiger partial charge in [0, 0.05) is 18.2 Å².